The van der Waals surface area contributed by atoms with Gasteiger partial charge in [-0.25, -0.2) is 4.98 Å². The highest BCUT2D eigenvalue weighted by atomic mass is 16.1. The number of aromatic nitrogens is 2. The van der Waals surface area contributed by atoms with E-state index in [4.69, 9.17) is 5.73 Å². The molecule has 1 heterocycles. The van der Waals surface area contributed by atoms with Gasteiger partial charge >= 0.3 is 0 Å². The summed E-state index contributed by atoms with van der Waals surface area (Å²) in [6.07, 6.45) is 9.76. The largest absolute Gasteiger partial charge is 0.339 e. The van der Waals surface area contributed by atoms with Crippen LogP contribution >= 0.6 is 0 Å². The summed E-state index contributed by atoms with van der Waals surface area (Å²) in [5, 5.41) is 0. The molecule has 1 aromatic heterocycles. The lowest BCUT2D eigenvalue weighted by atomic mass is 9.49. The van der Waals surface area contributed by atoms with E-state index in [1.165, 1.54) is 38.5 Å². The van der Waals surface area contributed by atoms with Crippen LogP contribution in [0.5, 0.6) is 0 Å². The molecule has 0 atom stereocenters. The van der Waals surface area contributed by atoms with E-state index in [-0.39, 0.29) is 17.7 Å². The topological polar surface area (TPSA) is 71.8 Å². The highest BCUT2D eigenvalue weighted by Crippen LogP contribution is 2.60. The number of imidazole rings is 1. The van der Waals surface area contributed by atoms with Crippen LogP contribution in [0.4, 0.5) is 0 Å². The second kappa shape index (κ2) is 3.92. The average Bonchev–Trinajstić information content (AvgIpc) is 2.86. The number of nitrogens with one attached hydrogen (secondary N) is 1. The van der Waals surface area contributed by atoms with Crippen molar-refractivity contribution in [2.45, 2.75) is 43.9 Å². The van der Waals surface area contributed by atoms with Crippen LogP contribution in [0.15, 0.2) is 6.20 Å². The fraction of sp³-hybridized carbons (Fsp3) is 0.733. The van der Waals surface area contributed by atoms with Gasteiger partial charge in [0.05, 0.1) is 12.7 Å². The first-order chi connectivity index (χ1) is 9.18. The second-order valence-corrected chi connectivity index (χ2v) is 6.97. The van der Waals surface area contributed by atoms with Gasteiger partial charge in [0.15, 0.2) is 5.78 Å². The smallest absolute Gasteiger partial charge is 0.194 e. The highest BCUT2D eigenvalue weighted by molar-refractivity contribution is 5.95. The van der Waals surface area contributed by atoms with Gasteiger partial charge < -0.3 is 10.7 Å². The standard InChI is InChI=1S/C15H21N3O/c16-7-13(19)12-8-17-14(18-12)15-4-9-1-10(5-15)3-11(2-9)6-15/h8-11H,1-7,16H2,(H,17,18). The predicted molar refractivity (Wildman–Crippen MR) is 71.8 cm³/mol. The molecule has 0 radical (unpaired) electrons. The molecule has 4 aliphatic rings. The normalized spacial score (nSPS) is 39.7. The molecule has 4 saturated carbocycles. The first kappa shape index (κ1) is 11.6. The second-order valence-electron chi connectivity index (χ2n) is 6.97. The number of hydrogen-bond donors (Lipinski definition) is 2. The van der Waals surface area contributed by atoms with Crippen LogP contribution in [0, 0.1) is 17.8 Å². The van der Waals surface area contributed by atoms with Crippen molar-refractivity contribution >= 4 is 5.78 Å². The quantitative estimate of drug-likeness (QED) is 0.816. The molecule has 4 aliphatic carbocycles. The van der Waals surface area contributed by atoms with Crippen molar-refractivity contribution in [2.75, 3.05) is 6.54 Å². The van der Waals surface area contributed by atoms with E-state index in [2.05, 4.69) is 9.97 Å². The lowest BCUT2D eigenvalue weighted by molar-refractivity contribution is -0.00903. The monoisotopic (exact) mass is 259 g/mol. The first-order valence-corrected chi connectivity index (χ1v) is 7.47. The van der Waals surface area contributed by atoms with E-state index in [0.717, 1.165) is 23.6 Å². The van der Waals surface area contributed by atoms with Crippen LogP contribution in [0.1, 0.15) is 54.8 Å². The number of ketones is 1. The summed E-state index contributed by atoms with van der Waals surface area (Å²) in [7, 11) is 0. The third kappa shape index (κ3) is 1.69. The number of carbonyl (C=O) groups excluding carboxylic acids is 1. The van der Waals surface area contributed by atoms with E-state index in [0.29, 0.717) is 5.69 Å². The molecular weight excluding hydrogens is 238 g/mol. The average molecular weight is 259 g/mol. The minimum Gasteiger partial charge on any atom is -0.339 e. The van der Waals surface area contributed by atoms with Crippen LogP contribution in [0.3, 0.4) is 0 Å². The van der Waals surface area contributed by atoms with E-state index in [9.17, 15) is 4.79 Å². The van der Waals surface area contributed by atoms with Gasteiger partial charge in [0.1, 0.15) is 11.5 Å². The molecule has 4 nitrogen and oxygen atoms in total. The molecule has 0 amide bonds. The molecule has 4 heteroatoms. The van der Waals surface area contributed by atoms with Crippen molar-refractivity contribution in [2.24, 2.45) is 23.5 Å². The Labute approximate surface area is 113 Å². The van der Waals surface area contributed by atoms with E-state index in [1.807, 2.05) is 0 Å². The molecule has 4 fully saturated rings. The van der Waals surface area contributed by atoms with Crippen molar-refractivity contribution in [1.29, 1.82) is 0 Å². The number of aromatic amines is 1. The van der Waals surface area contributed by atoms with Crippen molar-refractivity contribution in [3.05, 3.63) is 17.7 Å². The fourth-order valence-corrected chi connectivity index (χ4v) is 5.24. The Morgan fingerprint density at radius 1 is 1.26 bits per heavy atom. The van der Waals surface area contributed by atoms with Gasteiger partial charge in [-0.15, -0.1) is 0 Å². The molecule has 0 aliphatic heterocycles. The summed E-state index contributed by atoms with van der Waals surface area (Å²) >= 11 is 0. The Hall–Kier alpha value is -1.16. The molecule has 5 rings (SSSR count). The maximum atomic E-state index is 11.7. The molecule has 3 N–H and O–H groups in total. The number of hydrogen-bond acceptors (Lipinski definition) is 3. The lowest BCUT2D eigenvalue weighted by Crippen LogP contribution is -2.49. The summed E-state index contributed by atoms with van der Waals surface area (Å²) in [5.41, 5.74) is 6.25. The van der Waals surface area contributed by atoms with Crippen molar-refractivity contribution in [3.63, 3.8) is 0 Å². The molecule has 4 bridgehead atoms. The number of Topliss-reactive ketones (excluding diaryl/α,β-unsaturated/α-hetero) is 1. The number of nitrogens with two attached hydrogens (primary N) is 1. The van der Waals surface area contributed by atoms with Crippen LogP contribution in [0.25, 0.3) is 0 Å². The van der Waals surface area contributed by atoms with Crippen LogP contribution in [-0.2, 0) is 5.41 Å². The Morgan fingerprint density at radius 2 is 1.84 bits per heavy atom. The minimum atomic E-state index is -0.0384. The van der Waals surface area contributed by atoms with Gasteiger partial charge in [-0.2, -0.15) is 0 Å². The van der Waals surface area contributed by atoms with E-state index < -0.39 is 0 Å². The van der Waals surface area contributed by atoms with Crippen LogP contribution < -0.4 is 5.73 Å². The zero-order valence-corrected chi connectivity index (χ0v) is 11.2. The Kier molecular flexibility index (Phi) is 2.40. The molecule has 0 saturated heterocycles. The van der Waals surface area contributed by atoms with Gasteiger partial charge in [-0.3, -0.25) is 4.79 Å². The maximum absolute atomic E-state index is 11.7. The lowest BCUT2D eigenvalue weighted by Gasteiger charge is -2.55. The van der Waals surface area contributed by atoms with Crippen LogP contribution in [0.2, 0.25) is 0 Å². The highest BCUT2D eigenvalue weighted by Gasteiger charge is 2.53. The van der Waals surface area contributed by atoms with Gasteiger partial charge in [-0.1, -0.05) is 0 Å². The molecule has 0 aromatic carbocycles. The molecule has 102 valence electrons. The van der Waals surface area contributed by atoms with Gasteiger partial charge in [0, 0.05) is 5.41 Å². The molecule has 0 unspecified atom stereocenters. The fourth-order valence-electron chi connectivity index (χ4n) is 5.24. The van der Waals surface area contributed by atoms with Crippen LogP contribution in [-0.4, -0.2) is 22.3 Å². The first-order valence-electron chi connectivity index (χ1n) is 7.47. The minimum absolute atomic E-state index is 0.0384. The Morgan fingerprint density at radius 3 is 2.37 bits per heavy atom. The zero-order chi connectivity index (χ0) is 13.0. The number of nitrogens with zero attached hydrogens (tertiary/aromatic N) is 1. The summed E-state index contributed by atoms with van der Waals surface area (Å²) in [5.74, 6) is 3.70. The molecule has 19 heavy (non-hydrogen) atoms. The molecular formula is C15H21N3O. The number of carbonyl (C=O) groups is 1. The van der Waals surface area contributed by atoms with E-state index >= 15 is 0 Å². The third-order valence-electron chi connectivity index (χ3n) is 5.60. The number of H-pyrrole nitrogens is 1. The summed E-state index contributed by atoms with van der Waals surface area (Å²) in [6, 6.07) is 0. The van der Waals surface area contributed by atoms with Gasteiger partial charge in [0.25, 0.3) is 0 Å². The SMILES string of the molecule is NCC(=O)c1cnc(C23CC4CC(CC(C4)C2)C3)[nH]1. The Balaban J connectivity index is 1.68. The van der Waals surface area contributed by atoms with Crippen molar-refractivity contribution in [3.8, 4) is 0 Å². The maximum Gasteiger partial charge on any atom is 0.194 e. The number of rotatable bonds is 3. The summed E-state index contributed by atoms with van der Waals surface area (Å²) in [6.45, 7) is 0.0580. The summed E-state index contributed by atoms with van der Waals surface area (Å²) in [4.78, 5) is 19.5. The molecule has 1 aromatic rings. The Bertz CT molecular complexity index is 484. The zero-order valence-electron chi connectivity index (χ0n) is 11.2. The molecule has 0 spiro atoms. The van der Waals surface area contributed by atoms with E-state index in [1.54, 1.807) is 6.20 Å². The van der Waals surface area contributed by atoms with Crippen molar-refractivity contribution < 1.29 is 4.79 Å². The van der Waals surface area contributed by atoms with Gasteiger partial charge in [0.2, 0.25) is 0 Å². The van der Waals surface area contributed by atoms with Crippen molar-refractivity contribution in [1.82, 2.24) is 9.97 Å². The van der Waals surface area contributed by atoms with Gasteiger partial charge in [-0.05, 0) is 56.3 Å². The third-order valence-corrected chi connectivity index (χ3v) is 5.60. The summed E-state index contributed by atoms with van der Waals surface area (Å²) < 4.78 is 0. The predicted octanol–water partition coefficient (Wildman–Crippen LogP) is 2.02.